The topological polar surface area (TPSA) is 85.0 Å². The molecule has 0 aromatic heterocycles. The first kappa shape index (κ1) is 18.6. The second-order valence-electron chi connectivity index (χ2n) is 5.79. The molecule has 134 valence electrons. The fraction of sp³-hybridized carbons (Fsp3) is 0.316. The predicted molar refractivity (Wildman–Crippen MR) is 95.0 cm³/mol. The quantitative estimate of drug-likeness (QED) is 0.596. The summed E-state index contributed by atoms with van der Waals surface area (Å²) in [5.74, 6) is 1.44. The lowest BCUT2D eigenvalue weighted by Gasteiger charge is -2.21. The summed E-state index contributed by atoms with van der Waals surface area (Å²) in [5.41, 5.74) is 8.21. The maximum absolute atomic E-state index is 11.0. The highest BCUT2D eigenvalue weighted by atomic mass is 16.5. The highest BCUT2D eigenvalue weighted by molar-refractivity contribution is 5.71. The number of amides is 2. The summed E-state index contributed by atoms with van der Waals surface area (Å²) in [6, 6.07) is 12.3. The summed E-state index contributed by atoms with van der Waals surface area (Å²) in [6.07, 6.45) is 1.73. The number of nitrogens with zero attached hydrogens (tertiary/aromatic N) is 1. The molecule has 0 bridgehead atoms. The van der Waals surface area contributed by atoms with Crippen LogP contribution in [0.3, 0.4) is 0 Å². The molecule has 25 heavy (non-hydrogen) atoms. The van der Waals surface area contributed by atoms with Crippen molar-refractivity contribution in [3.05, 3.63) is 59.2 Å². The highest BCUT2D eigenvalue weighted by Gasteiger charge is 2.16. The molecular weight excluding hydrogens is 320 g/mol. The van der Waals surface area contributed by atoms with Crippen LogP contribution in [0, 0.1) is 0 Å². The highest BCUT2D eigenvalue weighted by Crippen LogP contribution is 2.28. The predicted octanol–water partition coefficient (Wildman–Crippen LogP) is 3.32. The summed E-state index contributed by atoms with van der Waals surface area (Å²) in [7, 11) is 3.24. The SMILES string of the molecule is COc1ccc(CCc2ccc(C(C)N(O)C(N)=O)cc2)cc1OC. The molecule has 2 amide bonds. The van der Waals surface area contributed by atoms with Crippen molar-refractivity contribution in [2.75, 3.05) is 14.2 Å². The van der Waals surface area contributed by atoms with Crippen molar-refractivity contribution >= 4 is 6.03 Å². The molecule has 0 aliphatic rings. The molecule has 2 rings (SSSR count). The van der Waals surface area contributed by atoms with Gasteiger partial charge in [-0.15, -0.1) is 0 Å². The standard InChI is InChI=1S/C19H24N2O4/c1-13(21(23)19(20)22)16-9-6-14(7-10-16)4-5-15-8-11-17(24-2)18(12-15)25-3/h6-13,23H,4-5H2,1-3H3,(H2,20,22). The molecule has 0 aliphatic carbocycles. The Balaban J connectivity index is 2.01. The number of ether oxygens (including phenoxy) is 2. The Labute approximate surface area is 147 Å². The first-order valence-electron chi connectivity index (χ1n) is 8.03. The molecule has 0 saturated heterocycles. The number of hydrogen-bond acceptors (Lipinski definition) is 4. The van der Waals surface area contributed by atoms with Gasteiger partial charge in [0.15, 0.2) is 11.5 Å². The number of hydrogen-bond donors (Lipinski definition) is 2. The molecule has 1 unspecified atom stereocenters. The monoisotopic (exact) mass is 344 g/mol. The number of benzene rings is 2. The average molecular weight is 344 g/mol. The van der Waals surface area contributed by atoms with Gasteiger partial charge in [0.05, 0.1) is 20.3 Å². The number of hydroxylamine groups is 2. The van der Waals surface area contributed by atoms with Crippen LogP contribution in [0.25, 0.3) is 0 Å². The van der Waals surface area contributed by atoms with Crippen molar-refractivity contribution in [2.45, 2.75) is 25.8 Å². The van der Waals surface area contributed by atoms with Crippen molar-refractivity contribution in [3.8, 4) is 11.5 Å². The van der Waals surface area contributed by atoms with Crippen molar-refractivity contribution in [1.82, 2.24) is 5.06 Å². The van der Waals surface area contributed by atoms with E-state index < -0.39 is 12.1 Å². The lowest BCUT2D eigenvalue weighted by Crippen LogP contribution is -2.34. The number of rotatable bonds is 7. The van der Waals surface area contributed by atoms with Crippen LogP contribution in [0.1, 0.15) is 29.7 Å². The molecular formula is C19H24N2O4. The zero-order valence-electron chi connectivity index (χ0n) is 14.7. The number of nitrogens with two attached hydrogens (primary N) is 1. The number of carbonyl (C=O) groups is 1. The van der Waals surface area contributed by atoms with Crippen molar-refractivity contribution in [1.29, 1.82) is 0 Å². The molecule has 3 N–H and O–H groups in total. The second-order valence-corrected chi connectivity index (χ2v) is 5.79. The summed E-state index contributed by atoms with van der Waals surface area (Å²) >= 11 is 0. The van der Waals surface area contributed by atoms with Gasteiger partial charge in [-0.25, -0.2) is 4.79 Å². The molecule has 2 aromatic rings. The fourth-order valence-electron chi connectivity index (χ4n) is 2.62. The fourth-order valence-corrected chi connectivity index (χ4v) is 2.62. The number of methoxy groups -OCH3 is 2. The average Bonchev–Trinajstić information content (AvgIpc) is 2.65. The lowest BCUT2D eigenvalue weighted by molar-refractivity contribution is -0.0709. The van der Waals surface area contributed by atoms with Crippen LogP contribution in [0.5, 0.6) is 11.5 Å². The maximum atomic E-state index is 11.0. The molecule has 0 saturated carbocycles. The van der Waals surface area contributed by atoms with Gasteiger partial charge in [0.1, 0.15) is 0 Å². The minimum absolute atomic E-state index is 0.489. The van der Waals surface area contributed by atoms with Gasteiger partial charge in [0.25, 0.3) is 0 Å². The molecule has 6 heteroatoms. The minimum Gasteiger partial charge on any atom is -0.493 e. The Bertz CT molecular complexity index is 716. The third kappa shape index (κ3) is 4.64. The van der Waals surface area contributed by atoms with E-state index in [1.54, 1.807) is 21.1 Å². The molecule has 0 radical (unpaired) electrons. The Kier molecular flexibility index (Phi) is 6.25. The Morgan fingerprint density at radius 2 is 1.60 bits per heavy atom. The van der Waals surface area contributed by atoms with Gasteiger partial charge in [-0.1, -0.05) is 30.3 Å². The number of aryl methyl sites for hydroxylation is 2. The normalized spacial score (nSPS) is 11.7. The van der Waals surface area contributed by atoms with Gasteiger partial charge in [-0.3, -0.25) is 5.21 Å². The molecule has 0 aliphatic heterocycles. The van der Waals surface area contributed by atoms with E-state index in [1.165, 1.54) is 0 Å². The third-order valence-electron chi connectivity index (χ3n) is 4.21. The van der Waals surface area contributed by atoms with Crippen LogP contribution < -0.4 is 15.2 Å². The van der Waals surface area contributed by atoms with Crippen molar-refractivity contribution < 1.29 is 19.5 Å². The first-order chi connectivity index (χ1) is 12.0. The first-order valence-corrected chi connectivity index (χ1v) is 8.03. The van der Waals surface area contributed by atoms with Crippen LogP contribution in [0.4, 0.5) is 4.79 Å². The van der Waals surface area contributed by atoms with Crippen LogP contribution in [0.2, 0.25) is 0 Å². The smallest absolute Gasteiger partial charge is 0.339 e. The number of primary amides is 1. The van der Waals surface area contributed by atoms with Crippen LogP contribution in [0.15, 0.2) is 42.5 Å². The molecule has 0 spiro atoms. The number of urea groups is 1. The van der Waals surface area contributed by atoms with Crippen molar-refractivity contribution in [2.24, 2.45) is 5.73 Å². The zero-order chi connectivity index (χ0) is 18.4. The zero-order valence-corrected chi connectivity index (χ0v) is 14.7. The van der Waals surface area contributed by atoms with E-state index in [-0.39, 0.29) is 0 Å². The van der Waals surface area contributed by atoms with Gasteiger partial charge < -0.3 is 15.2 Å². The van der Waals surface area contributed by atoms with Crippen LogP contribution in [-0.4, -0.2) is 30.5 Å². The Morgan fingerprint density at radius 1 is 1.04 bits per heavy atom. The van der Waals surface area contributed by atoms with Gasteiger partial charge in [-0.05, 0) is 48.6 Å². The van der Waals surface area contributed by atoms with Gasteiger partial charge in [0.2, 0.25) is 0 Å². The molecule has 0 fully saturated rings. The van der Waals surface area contributed by atoms with Gasteiger partial charge in [0, 0.05) is 0 Å². The van der Waals surface area contributed by atoms with E-state index in [0.717, 1.165) is 35.3 Å². The third-order valence-corrected chi connectivity index (χ3v) is 4.21. The summed E-state index contributed by atoms with van der Waals surface area (Å²) < 4.78 is 10.6. The minimum atomic E-state index is -0.870. The summed E-state index contributed by atoms with van der Waals surface area (Å²) in [6.45, 7) is 1.71. The molecule has 2 aromatic carbocycles. The Hall–Kier alpha value is -2.73. The molecule has 0 heterocycles. The summed E-state index contributed by atoms with van der Waals surface area (Å²) in [5, 5.41) is 10.1. The Morgan fingerprint density at radius 3 is 2.16 bits per heavy atom. The second kappa shape index (κ2) is 8.39. The van der Waals surface area contributed by atoms with Crippen LogP contribution in [-0.2, 0) is 12.8 Å². The van der Waals surface area contributed by atoms with E-state index in [9.17, 15) is 10.0 Å². The van der Waals surface area contributed by atoms with Crippen LogP contribution >= 0.6 is 0 Å². The summed E-state index contributed by atoms with van der Waals surface area (Å²) in [4.78, 5) is 11.0. The largest absolute Gasteiger partial charge is 0.493 e. The van der Waals surface area contributed by atoms with E-state index in [0.29, 0.717) is 10.8 Å². The maximum Gasteiger partial charge on any atom is 0.339 e. The van der Waals surface area contributed by atoms with E-state index in [2.05, 4.69) is 0 Å². The van der Waals surface area contributed by atoms with E-state index in [1.807, 2.05) is 42.5 Å². The number of carbonyl (C=O) groups excluding carboxylic acids is 1. The van der Waals surface area contributed by atoms with E-state index >= 15 is 0 Å². The molecule has 6 nitrogen and oxygen atoms in total. The van der Waals surface area contributed by atoms with Crippen molar-refractivity contribution in [3.63, 3.8) is 0 Å². The van der Waals surface area contributed by atoms with E-state index in [4.69, 9.17) is 15.2 Å². The molecule has 1 atom stereocenters. The van der Waals surface area contributed by atoms with Gasteiger partial charge >= 0.3 is 6.03 Å². The lowest BCUT2D eigenvalue weighted by atomic mass is 10.0. The van der Waals surface area contributed by atoms with Gasteiger partial charge in [-0.2, -0.15) is 5.06 Å².